The first-order valence-electron chi connectivity index (χ1n) is 4.26. The highest BCUT2D eigenvalue weighted by atomic mass is 35.5. The lowest BCUT2D eigenvalue weighted by Crippen LogP contribution is -1.94. The van der Waals surface area contributed by atoms with E-state index < -0.39 is 0 Å². The van der Waals surface area contributed by atoms with Gasteiger partial charge in [0.25, 0.3) is 0 Å². The molecule has 0 atom stereocenters. The number of nitrogens with two attached hydrogens (primary N) is 1. The van der Waals surface area contributed by atoms with Crippen LogP contribution in [-0.4, -0.2) is 9.97 Å². The van der Waals surface area contributed by atoms with Crippen LogP contribution in [0.5, 0.6) is 0 Å². The second kappa shape index (κ2) is 4.51. The molecular weight excluding hydrogens is 230 g/mol. The van der Waals surface area contributed by atoms with E-state index in [1.54, 1.807) is 0 Å². The molecule has 0 saturated carbocycles. The lowest BCUT2D eigenvalue weighted by atomic mass is 10.4. The molecule has 0 aliphatic heterocycles. The van der Waals surface area contributed by atoms with Gasteiger partial charge in [-0.2, -0.15) is 0 Å². The molecule has 0 fully saturated rings. The fourth-order valence-corrected chi connectivity index (χ4v) is 2.06. The van der Waals surface area contributed by atoms with Crippen LogP contribution in [0, 0.1) is 0 Å². The van der Waals surface area contributed by atoms with Crippen molar-refractivity contribution in [3.8, 4) is 0 Å². The van der Waals surface area contributed by atoms with Crippen LogP contribution in [0.25, 0.3) is 0 Å². The molecule has 0 spiro atoms. The number of benzene rings is 1. The molecule has 2 aromatic rings. The number of halogens is 1. The normalized spacial score (nSPS) is 10.2. The summed E-state index contributed by atoms with van der Waals surface area (Å²) in [6.45, 7) is 0. The SMILES string of the molecule is Nc1ncnc(Sc2ccccc2)c1Cl. The van der Waals surface area contributed by atoms with E-state index in [9.17, 15) is 0 Å². The zero-order valence-electron chi connectivity index (χ0n) is 7.72. The Kier molecular flexibility index (Phi) is 3.08. The minimum Gasteiger partial charge on any atom is -0.382 e. The first kappa shape index (κ1) is 10.3. The molecule has 0 unspecified atom stereocenters. The zero-order valence-corrected chi connectivity index (χ0v) is 9.29. The van der Waals surface area contributed by atoms with Gasteiger partial charge in [-0.1, -0.05) is 41.6 Å². The van der Waals surface area contributed by atoms with E-state index in [0.717, 1.165) is 4.90 Å². The summed E-state index contributed by atoms with van der Waals surface area (Å²) in [4.78, 5) is 8.94. The van der Waals surface area contributed by atoms with Crippen LogP contribution < -0.4 is 5.73 Å². The van der Waals surface area contributed by atoms with Crippen molar-refractivity contribution in [3.05, 3.63) is 41.7 Å². The first-order valence-corrected chi connectivity index (χ1v) is 5.45. The van der Waals surface area contributed by atoms with Crippen LogP contribution in [0.15, 0.2) is 46.6 Å². The van der Waals surface area contributed by atoms with Gasteiger partial charge in [0, 0.05) is 4.90 Å². The Hall–Kier alpha value is -1.26. The molecule has 0 radical (unpaired) electrons. The Morgan fingerprint density at radius 2 is 1.87 bits per heavy atom. The minimum atomic E-state index is 0.310. The number of nitrogens with zero attached hydrogens (tertiary/aromatic N) is 2. The van der Waals surface area contributed by atoms with Crippen molar-refractivity contribution in [2.24, 2.45) is 0 Å². The van der Waals surface area contributed by atoms with Crippen molar-refractivity contribution in [2.75, 3.05) is 5.73 Å². The average molecular weight is 238 g/mol. The molecule has 1 heterocycles. The average Bonchev–Trinajstić information content (AvgIpc) is 2.26. The smallest absolute Gasteiger partial charge is 0.146 e. The van der Waals surface area contributed by atoms with Gasteiger partial charge in [-0.3, -0.25) is 0 Å². The second-order valence-corrected chi connectivity index (χ2v) is 4.23. The number of rotatable bonds is 2. The molecule has 5 heteroatoms. The molecule has 3 nitrogen and oxygen atoms in total. The van der Waals surface area contributed by atoms with Gasteiger partial charge in [0.2, 0.25) is 0 Å². The van der Waals surface area contributed by atoms with E-state index in [1.807, 2.05) is 30.3 Å². The number of aromatic nitrogens is 2. The maximum absolute atomic E-state index is 5.97. The van der Waals surface area contributed by atoms with E-state index in [-0.39, 0.29) is 0 Å². The van der Waals surface area contributed by atoms with Crippen LogP contribution in [0.4, 0.5) is 5.82 Å². The summed E-state index contributed by atoms with van der Waals surface area (Å²) in [5.41, 5.74) is 5.58. The zero-order chi connectivity index (χ0) is 10.7. The highest BCUT2D eigenvalue weighted by Gasteiger charge is 2.07. The van der Waals surface area contributed by atoms with Gasteiger partial charge in [-0.15, -0.1) is 0 Å². The van der Waals surface area contributed by atoms with Gasteiger partial charge in [0.05, 0.1) is 0 Å². The molecule has 0 bridgehead atoms. The summed E-state index contributed by atoms with van der Waals surface area (Å²) in [5, 5.41) is 1.08. The predicted octanol–water partition coefficient (Wildman–Crippen LogP) is 2.86. The molecular formula is C10H8ClN3S. The minimum absolute atomic E-state index is 0.310. The third-order valence-corrected chi connectivity index (χ3v) is 3.24. The summed E-state index contributed by atoms with van der Waals surface area (Å²) < 4.78 is 0. The van der Waals surface area contributed by atoms with Crippen molar-refractivity contribution in [2.45, 2.75) is 9.92 Å². The van der Waals surface area contributed by atoms with Crippen LogP contribution in [-0.2, 0) is 0 Å². The van der Waals surface area contributed by atoms with E-state index in [2.05, 4.69) is 9.97 Å². The van der Waals surface area contributed by atoms with Crippen molar-refractivity contribution >= 4 is 29.2 Å². The molecule has 2 N–H and O–H groups in total. The van der Waals surface area contributed by atoms with Gasteiger partial charge in [0.15, 0.2) is 0 Å². The first-order chi connectivity index (χ1) is 7.27. The van der Waals surface area contributed by atoms with Crippen LogP contribution in [0.1, 0.15) is 0 Å². The summed E-state index contributed by atoms with van der Waals surface area (Å²) in [7, 11) is 0. The number of anilines is 1. The number of nitrogen functional groups attached to an aromatic ring is 1. The Bertz CT molecular complexity index is 461. The van der Waals surface area contributed by atoms with E-state index >= 15 is 0 Å². The van der Waals surface area contributed by atoms with Gasteiger partial charge in [-0.05, 0) is 12.1 Å². The van der Waals surface area contributed by atoms with Crippen molar-refractivity contribution < 1.29 is 0 Å². The number of hydrogen-bond acceptors (Lipinski definition) is 4. The van der Waals surface area contributed by atoms with Crippen molar-refractivity contribution in [1.29, 1.82) is 0 Å². The van der Waals surface area contributed by atoms with E-state index in [1.165, 1.54) is 18.1 Å². The second-order valence-electron chi connectivity index (χ2n) is 2.79. The summed E-state index contributed by atoms with van der Waals surface area (Å²) in [6, 6.07) is 9.85. The fourth-order valence-electron chi connectivity index (χ4n) is 1.04. The summed E-state index contributed by atoms with van der Waals surface area (Å²) in [6.07, 6.45) is 1.41. The maximum Gasteiger partial charge on any atom is 0.146 e. The number of hydrogen-bond donors (Lipinski definition) is 1. The fraction of sp³-hybridized carbons (Fsp3) is 0. The summed E-state index contributed by atoms with van der Waals surface area (Å²) >= 11 is 7.44. The molecule has 1 aromatic carbocycles. The van der Waals surface area contributed by atoms with Gasteiger partial charge >= 0.3 is 0 Å². The quantitative estimate of drug-likeness (QED) is 0.816. The molecule has 76 valence electrons. The van der Waals surface area contributed by atoms with E-state index in [4.69, 9.17) is 17.3 Å². The van der Waals surface area contributed by atoms with Crippen molar-refractivity contribution in [1.82, 2.24) is 9.97 Å². The maximum atomic E-state index is 5.97. The lowest BCUT2D eigenvalue weighted by Gasteiger charge is -2.03. The van der Waals surface area contributed by atoms with Crippen LogP contribution >= 0.6 is 23.4 Å². The molecule has 0 amide bonds. The Morgan fingerprint density at radius 1 is 1.13 bits per heavy atom. The standard InChI is InChI=1S/C10H8ClN3S/c11-8-9(12)13-6-14-10(8)15-7-4-2-1-3-5-7/h1-6H,(H2,12,13,14). The monoisotopic (exact) mass is 237 g/mol. The molecule has 0 aliphatic carbocycles. The molecule has 15 heavy (non-hydrogen) atoms. The molecule has 2 rings (SSSR count). The molecule has 0 aliphatic rings. The Labute approximate surface area is 96.7 Å². The summed E-state index contributed by atoms with van der Waals surface area (Å²) in [5.74, 6) is 0.310. The highest BCUT2D eigenvalue weighted by molar-refractivity contribution is 7.99. The van der Waals surface area contributed by atoms with Crippen LogP contribution in [0.2, 0.25) is 5.02 Å². The van der Waals surface area contributed by atoms with Gasteiger partial charge < -0.3 is 5.73 Å². The third-order valence-electron chi connectivity index (χ3n) is 1.74. The van der Waals surface area contributed by atoms with Crippen molar-refractivity contribution in [3.63, 3.8) is 0 Å². The topological polar surface area (TPSA) is 51.8 Å². The lowest BCUT2D eigenvalue weighted by molar-refractivity contribution is 1.05. The van der Waals surface area contributed by atoms with Gasteiger partial charge in [-0.25, -0.2) is 9.97 Å². The highest BCUT2D eigenvalue weighted by Crippen LogP contribution is 2.32. The van der Waals surface area contributed by atoms with Gasteiger partial charge in [0.1, 0.15) is 22.2 Å². The third kappa shape index (κ3) is 2.40. The Balaban J connectivity index is 2.29. The van der Waals surface area contributed by atoms with E-state index in [0.29, 0.717) is 15.9 Å². The Morgan fingerprint density at radius 3 is 2.60 bits per heavy atom. The molecule has 1 aromatic heterocycles. The largest absolute Gasteiger partial charge is 0.382 e. The predicted molar refractivity (Wildman–Crippen MR) is 62.0 cm³/mol. The molecule has 0 saturated heterocycles. The van der Waals surface area contributed by atoms with Crippen LogP contribution in [0.3, 0.4) is 0 Å².